The van der Waals surface area contributed by atoms with Gasteiger partial charge in [0.2, 0.25) is 5.91 Å². The molecule has 3 heteroatoms. The maximum atomic E-state index is 11.4. The number of amides is 1. The first-order valence-electron chi connectivity index (χ1n) is 5.45. The van der Waals surface area contributed by atoms with Crippen LogP contribution >= 0.6 is 0 Å². The molecular formula is C11H21NO2. The molecule has 1 saturated heterocycles. The van der Waals surface area contributed by atoms with Crippen molar-refractivity contribution in [2.24, 2.45) is 5.92 Å². The topological polar surface area (TPSA) is 40.5 Å². The Balaban J connectivity index is 2.43. The van der Waals surface area contributed by atoms with E-state index in [1.807, 2.05) is 25.7 Å². The van der Waals surface area contributed by atoms with Crippen LogP contribution in [-0.4, -0.2) is 34.6 Å². The summed E-state index contributed by atoms with van der Waals surface area (Å²) < 4.78 is 0. The normalized spacial score (nSPS) is 19.9. The van der Waals surface area contributed by atoms with Gasteiger partial charge in [-0.1, -0.05) is 6.92 Å². The van der Waals surface area contributed by atoms with Crippen LogP contribution in [0.15, 0.2) is 0 Å². The van der Waals surface area contributed by atoms with E-state index < -0.39 is 5.60 Å². The van der Waals surface area contributed by atoms with Gasteiger partial charge in [-0.2, -0.15) is 0 Å². The van der Waals surface area contributed by atoms with Crippen molar-refractivity contribution in [3.05, 3.63) is 0 Å². The van der Waals surface area contributed by atoms with Crippen LogP contribution in [0.1, 0.15) is 40.0 Å². The quantitative estimate of drug-likeness (QED) is 0.730. The molecule has 1 heterocycles. The highest BCUT2D eigenvalue weighted by Crippen LogP contribution is 2.27. The van der Waals surface area contributed by atoms with Gasteiger partial charge in [-0.05, 0) is 32.6 Å². The van der Waals surface area contributed by atoms with E-state index in [1.165, 1.54) is 0 Å². The second kappa shape index (κ2) is 4.30. The first-order valence-corrected chi connectivity index (χ1v) is 5.45. The average molecular weight is 199 g/mol. The molecule has 1 rings (SSSR count). The van der Waals surface area contributed by atoms with Crippen LogP contribution in [0.5, 0.6) is 0 Å². The number of hydrogen-bond donors (Lipinski definition) is 1. The largest absolute Gasteiger partial charge is 0.390 e. The van der Waals surface area contributed by atoms with Gasteiger partial charge in [0.15, 0.2) is 0 Å². The lowest BCUT2D eigenvalue weighted by Gasteiger charge is -2.37. The Morgan fingerprint density at radius 3 is 2.29 bits per heavy atom. The molecule has 82 valence electrons. The Morgan fingerprint density at radius 1 is 1.43 bits per heavy atom. The van der Waals surface area contributed by atoms with Gasteiger partial charge in [-0.25, -0.2) is 0 Å². The van der Waals surface area contributed by atoms with Crippen LogP contribution in [0.3, 0.4) is 0 Å². The predicted molar refractivity (Wildman–Crippen MR) is 55.9 cm³/mol. The van der Waals surface area contributed by atoms with Crippen molar-refractivity contribution in [2.75, 3.05) is 13.1 Å². The third-order valence-electron chi connectivity index (χ3n) is 3.15. The van der Waals surface area contributed by atoms with Gasteiger partial charge in [0, 0.05) is 19.5 Å². The van der Waals surface area contributed by atoms with E-state index in [0.717, 1.165) is 25.9 Å². The van der Waals surface area contributed by atoms with E-state index >= 15 is 0 Å². The maximum Gasteiger partial charge on any atom is 0.222 e. The van der Waals surface area contributed by atoms with Gasteiger partial charge < -0.3 is 10.0 Å². The highest BCUT2D eigenvalue weighted by Gasteiger charge is 2.31. The van der Waals surface area contributed by atoms with Crippen LogP contribution in [0, 0.1) is 5.92 Å². The van der Waals surface area contributed by atoms with Crippen molar-refractivity contribution in [3.63, 3.8) is 0 Å². The summed E-state index contributed by atoms with van der Waals surface area (Å²) in [5, 5.41) is 9.82. The van der Waals surface area contributed by atoms with E-state index in [2.05, 4.69) is 0 Å². The molecule has 0 aromatic heterocycles. The molecule has 0 aliphatic carbocycles. The molecule has 1 aliphatic heterocycles. The molecule has 0 spiro atoms. The molecule has 1 amide bonds. The molecule has 1 aliphatic rings. The Morgan fingerprint density at radius 2 is 1.93 bits per heavy atom. The maximum absolute atomic E-state index is 11.4. The number of rotatable bonds is 2. The second-order valence-electron chi connectivity index (χ2n) is 4.66. The summed E-state index contributed by atoms with van der Waals surface area (Å²) in [6.07, 6.45) is 2.44. The molecule has 14 heavy (non-hydrogen) atoms. The lowest BCUT2D eigenvalue weighted by molar-refractivity contribution is -0.133. The lowest BCUT2D eigenvalue weighted by Crippen LogP contribution is -2.44. The standard InChI is InChI=1S/C11H21NO2/c1-4-10(13)12-7-5-9(6-8-12)11(2,3)14/h9,14H,4-8H2,1-3H3. The summed E-state index contributed by atoms with van der Waals surface area (Å²) in [7, 11) is 0. The molecule has 3 nitrogen and oxygen atoms in total. The molecule has 1 fully saturated rings. The monoisotopic (exact) mass is 199 g/mol. The van der Waals surface area contributed by atoms with Crippen LogP contribution < -0.4 is 0 Å². The van der Waals surface area contributed by atoms with E-state index in [0.29, 0.717) is 12.3 Å². The summed E-state index contributed by atoms with van der Waals surface area (Å²) >= 11 is 0. The fraction of sp³-hybridized carbons (Fsp3) is 0.909. The number of aliphatic hydroxyl groups is 1. The zero-order chi connectivity index (χ0) is 10.8. The first kappa shape index (κ1) is 11.5. The van der Waals surface area contributed by atoms with Gasteiger partial charge in [0.05, 0.1) is 5.60 Å². The molecule has 0 bridgehead atoms. The zero-order valence-electron chi connectivity index (χ0n) is 9.42. The Hall–Kier alpha value is -0.570. The highest BCUT2D eigenvalue weighted by atomic mass is 16.3. The number of hydrogen-bond acceptors (Lipinski definition) is 2. The molecule has 1 N–H and O–H groups in total. The highest BCUT2D eigenvalue weighted by molar-refractivity contribution is 5.75. The van der Waals surface area contributed by atoms with Crippen LogP contribution in [-0.2, 0) is 4.79 Å². The summed E-state index contributed by atoms with van der Waals surface area (Å²) in [6.45, 7) is 7.22. The second-order valence-corrected chi connectivity index (χ2v) is 4.66. The minimum Gasteiger partial charge on any atom is -0.390 e. The van der Waals surface area contributed by atoms with Crippen molar-refractivity contribution in [1.29, 1.82) is 0 Å². The zero-order valence-corrected chi connectivity index (χ0v) is 9.42. The lowest BCUT2D eigenvalue weighted by atomic mass is 9.83. The van der Waals surface area contributed by atoms with E-state index in [-0.39, 0.29) is 5.91 Å². The van der Waals surface area contributed by atoms with Crippen molar-refractivity contribution < 1.29 is 9.90 Å². The first-order chi connectivity index (χ1) is 6.45. The third kappa shape index (κ3) is 2.71. The van der Waals surface area contributed by atoms with Gasteiger partial charge in [0.1, 0.15) is 0 Å². The molecule has 0 radical (unpaired) electrons. The van der Waals surface area contributed by atoms with Gasteiger partial charge >= 0.3 is 0 Å². The van der Waals surface area contributed by atoms with Crippen LogP contribution in [0.25, 0.3) is 0 Å². The van der Waals surface area contributed by atoms with Crippen LogP contribution in [0.4, 0.5) is 0 Å². The fourth-order valence-corrected chi connectivity index (χ4v) is 2.06. The average Bonchev–Trinajstić information content (AvgIpc) is 2.15. The van der Waals surface area contributed by atoms with E-state index in [9.17, 15) is 9.90 Å². The Kier molecular flexibility index (Phi) is 3.53. The number of nitrogens with zero attached hydrogens (tertiary/aromatic N) is 1. The number of likely N-dealkylation sites (tertiary alicyclic amines) is 1. The van der Waals surface area contributed by atoms with E-state index in [4.69, 9.17) is 0 Å². The van der Waals surface area contributed by atoms with Gasteiger partial charge in [-0.15, -0.1) is 0 Å². The number of piperidine rings is 1. The molecule has 0 saturated carbocycles. The van der Waals surface area contributed by atoms with Crippen molar-refractivity contribution in [2.45, 2.75) is 45.6 Å². The minimum absolute atomic E-state index is 0.235. The summed E-state index contributed by atoms with van der Waals surface area (Å²) in [6, 6.07) is 0. The molecular weight excluding hydrogens is 178 g/mol. The predicted octanol–water partition coefficient (Wildman–Crippen LogP) is 1.41. The van der Waals surface area contributed by atoms with E-state index in [1.54, 1.807) is 0 Å². The third-order valence-corrected chi connectivity index (χ3v) is 3.15. The van der Waals surface area contributed by atoms with Crippen molar-refractivity contribution >= 4 is 5.91 Å². The Bertz CT molecular complexity index is 200. The minimum atomic E-state index is -0.596. The number of carbonyl (C=O) groups is 1. The number of carbonyl (C=O) groups excluding carboxylic acids is 1. The van der Waals surface area contributed by atoms with Gasteiger partial charge in [0.25, 0.3) is 0 Å². The molecule has 0 aromatic carbocycles. The van der Waals surface area contributed by atoms with Crippen molar-refractivity contribution in [3.8, 4) is 0 Å². The molecule has 0 unspecified atom stereocenters. The Labute approximate surface area is 86.1 Å². The van der Waals surface area contributed by atoms with Crippen molar-refractivity contribution in [1.82, 2.24) is 4.90 Å². The SMILES string of the molecule is CCC(=O)N1CCC(C(C)(C)O)CC1. The fourth-order valence-electron chi connectivity index (χ4n) is 2.06. The van der Waals surface area contributed by atoms with Gasteiger partial charge in [-0.3, -0.25) is 4.79 Å². The molecule has 0 aromatic rings. The summed E-state index contributed by atoms with van der Waals surface area (Å²) in [5.41, 5.74) is -0.596. The smallest absolute Gasteiger partial charge is 0.222 e. The molecule has 0 atom stereocenters. The summed E-state index contributed by atoms with van der Waals surface area (Å²) in [4.78, 5) is 13.3. The van der Waals surface area contributed by atoms with Crippen LogP contribution in [0.2, 0.25) is 0 Å². The summed E-state index contributed by atoms with van der Waals surface area (Å²) in [5.74, 6) is 0.572.